The van der Waals surface area contributed by atoms with Gasteiger partial charge in [-0.25, -0.2) is 8.78 Å². The number of halogens is 2. The number of para-hydroxylation sites is 2. The van der Waals surface area contributed by atoms with Crippen LogP contribution in [-0.2, 0) is 9.53 Å². The van der Waals surface area contributed by atoms with E-state index in [1.54, 1.807) is 62.3 Å². The van der Waals surface area contributed by atoms with Crippen molar-refractivity contribution in [2.75, 3.05) is 17.4 Å². The van der Waals surface area contributed by atoms with Gasteiger partial charge in [-0.15, -0.1) is 0 Å². The molecule has 4 aromatic rings. The second kappa shape index (κ2) is 14.3. The Morgan fingerprint density at radius 3 is 2.02 bits per heavy atom. The maximum atomic E-state index is 14.1. The Bertz CT molecular complexity index is 1890. The molecule has 0 atom stereocenters. The second-order valence-corrected chi connectivity index (χ2v) is 10.5. The van der Waals surface area contributed by atoms with Gasteiger partial charge in [0.15, 0.2) is 6.29 Å². The number of ether oxygens (including phenoxy) is 1. The molecule has 5 rings (SSSR count). The third kappa shape index (κ3) is 7.42. The average molecular weight is 615 g/mol. The number of rotatable bonds is 10. The Morgan fingerprint density at radius 2 is 1.43 bits per heavy atom. The largest absolute Gasteiger partial charge is 0.440 e. The molecule has 6 nitrogen and oxygen atoms in total. The molecule has 0 aromatic heterocycles. The minimum Gasteiger partial charge on any atom is -0.440 e. The van der Waals surface area contributed by atoms with Crippen molar-refractivity contribution < 1.29 is 18.3 Å². The van der Waals surface area contributed by atoms with Crippen LogP contribution in [0, 0.1) is 17.0 Å². The molecule has 1 aliphatic rings. The van der Waals surface area contributed by atoms with Gasteiger partial charge in [0.1, 0.15) is 17.4 Å². The van der Waals surface area contributed by atoms with E-state index in [1.807, 2.05) is 60.7 Å². The summed E-state index contributed by atoms with van der Waals surface area (Å²) in [5.74, 6) is -0.132. The predicted octanol–water partition coefficient (Wildman–Crippen LogP) is 8.79. The van der Waals surface area contributed by atoms with Gasteiger partial charge in [-0.1, -0.05) is 48.5 Å². The molecule has 2 N–H and O–H groups in total. The average Bonchev–Trinajstić information content (AvgIpc) is 3.06. The molecule has 0 saturated carbocycles. The van der Waals surface area contributed by atoms with E-state index in [0.717, 1.165) is 17.7 Å². The zero-order valence-corrected chi connectivity index (χ0v) is 25.6. The molecule has 230 valence electrons. The summed E-state index contributed by atoms with van der Waals surface area (Å²) in [7, 11) is 1.79. The van der Waals surface area contributed by atoms with Crippen molar-refractivity contribution in [1.82, 2.24) is 0 Å². The lowest BCUT2D eigenvalue weighted by molar-refractivity contribution is -0.104. The Balaban J connectivity index is 1.75. The second-order valence-electron chi connectivity index (χ2n) is 10.5. The van der Waals surface area contributed by atoms with E-state index >= 15 is 0 Å². The fourth-order valence-electron chi connectivity index (χ4n) is 4.96. The van der Waals surface area contributed by atoms with Crippen molar-refractivity contribution in [3.63, 3.8) is 0 Å². The lowest BCUT2D eigenvalue weighted by Crippen LogP contribution is -2.17. The first-order valence-electron chi connectivity index (χ1n) is 14.5. The number of hydrogen-bond donors (Lipinski definition) is 2. The number of benzene rings is 4. The van der Waals surface area contributed by atoms with Crippen LogP contribution in [0.25, 0.3) is 11.3 Å². The van der Waals surface area contributed by atoms with Crippen molar-refractivity contribution in [1.29, 1.82) is 5.41 Å². The monoisotopic (exact) mass is 614 g/mol. The number of allylic oxidation sites excluding steroid dienone is 6. The number of nitrogens with zero attached hydrogens (tertiary/aromatic N) is 2. The van der Waals surface area contributed by atoms with Gasteiger partial charge < -0.3 is 15.5 Å². The van der Waals surface area contributed by atoms with Gasteiger partial charge in [0, 0.05) is 29.6 Å². The van der Waals surface area contributed by atoms with Crippen LogP contribution < -0.4 is 10.3 Å². The van der Waals surface area contributed by atoms with Gasteiger partial charge in [-0.05, 0) is 103 Å². The van der Waals surface area contributed by atoms with Crippen LogP contribution in [-0.4, -0.2) is 24.8 Å². The van der Waals surface area contributed by atoms with Crippen LogP contribution in [0.2, 0.25) is 0 Å². The van der Waals surface area contributed by atoms with E-state index in [-0.39, 0.29) is 17.2 Å². The number of nitrogens with one attached hydrogen (secondary N) is 2. The summed E-state index contributed by atoms with van der Waals surface area (Å²) in [6.45, 7) is 3.37. The molecule has 1 aliphatic heterocycles. The van der Waals surface area contributed by atoms with Crippen LogP contribution >= 0.6 is 0 Å². The molecule has 1 heterocycles. The van der Waals surface area contributed by atoms with Gasteiger partial charge in [0.25, 0.3) is 0 Å². The highest BCUT2D eigenvalue weighted by molar-refractivity contribution is 6.21. The van der Waals surface area contributed by atoms with Crippen LogP contribution in [0.15, 0.2) is 149 Å². The van der Waals surface area contributed by atoms with Gasteiger partial charge in [-0.3, -0.25) is 9.80 Å². The zero-order chi connectivity index (χ0) is 32.6. The molecule has 0 aliphatic carbocycles. The lowest BCUT2D eigenvalue weighted by Gasteiger charge is -2.25. The first-order chi connectivity index (χ1) is 22.2. The summed E-state index contributed by atoms with van der Waals surface area (Å²) in [5, 5.41) is 18.4. The minimum absolute atomic E-state index is 0.194. The number of anilines is 2. The standard InChI is InChI=1S/C38H32F2N4O2/c1-25(41)37-29(23-36(28-16-20-31(40)21-17-28)46-38(37)42-32-10-6-4-7-11-32)22-34(27-14-18-30(39)19-15-27)35(24-45)26(2)43-44(3)33-12-8-5-9-13-33/h4-24,41-42H,1-3H3/b29-22+,35-34-,41-25?,43-26-. The molecule has 0 saturated heterocycles. The molecule has 0 radical (unpaired) electrons. The van der Waals surface area contributed by atoms with Crippen molar-refractivity contribution in [2.24, 2.45) is 5.10 Å². The van der Waals surface area contributed by atoms with Crippen molar-refractivity contribution in [3.05, 3.63) is 167 Å². The molecule has 0 bridgehead atoms. The van der Waals surface area contributed by atoms with E-state index in [1.165, 1.54) is 24.3 Å². The molecule has 8 heteroatoms. The molecule has 0 spiro atoms. The third-order valence-corrected chi connectivity index (χ3v) is 7.23. The zero-order valence-electron chi connectivity index (χ0n) is 25.6. The van der Waals surface area contributed by atoms with Crippen molar-refractivity contribution >= 4 is 40.4 Å². The number of hydrazone groups is 1. The Hall–Kier alpha value is -5.89. The summed E-state index contributed by atoms with van der Waals surface area (Å²) < 4.78 is 34.2. The van der Waals surface area contributed by atoms with Gasteiger partial charge >= 0.3 is 0 Å². The highest BCUT2D eigenvalue weighted by Gasteiger charge is 2.25. The van der Waals surface area contributed by atoms with Crippen molar-refractivity contribution in [3.8, 4) is 0 Å². The number of carbonyl (C=O) groups excluding carboxylic acids is 1. The van der Waals surface area contributed by atoms with Crippen molar-refractivity contribution in [2.45, 2.75) is 13.8 Å². The summed E-state index contributed by atoms with van der Waals surface area (Å²) in [4.78, 5) is 12.8. The van der Waals surface area contributed by atoms with E-state index in [9.17, 15) is 13.6 Å². The fourth-order valence-corrected chi connectivity index (χ4v) is 4.96. The van der Waals surface area contributed by atoms with E-state index in [2.05, 4.69) is 10.4 Å². The quantitative estimate of drug-likeness (QED) is 0.0810. The van der Waals surface area contributed by atoms with Gasteiger partial charge in [0.05, 0.1) is 17.0 Å². The van der Waals surface area contributed by atoms with Crippen LogP contribution in [0.3, 0.4) is 0 Å². The van der Waals surface area contributed by atoms with Crippen LogP contribution in [0.1, 0.15) is 25.0 Å². The molecule has 0 unspecified atom stereocenters. The summed E-state index contributed by atoms with van der Waals surface area (Å²) in [6, 6.07) is 30.6. The number of aldehydes is 1. The third-order valence-electron chi connectivity index (χ3n) is 7.23. The molecule has 46 heavy (non-hydrogen) atoms. The summed E-state index contributed by atoms with van der Waals surface area (Å²) in [5.41, 5.74) is 5.05. The molecular weight excluding hydrogens is 582 g/mol. The predicted molar refractivity (Wildman–Crippen MR) is 181 cm³/mol. The lowest BCUT2D eigenvalue weighted by atomic mass is 9.91. The maximum absolute atomic E-state index is 14.1. The molecule has 0 fully saturated rings. The first kappa shape index (κ1) is 31.5. The Morgan fingerprint density at radius 1 is 0.848 bits per heavy atom. The fraction of sp³-hybridized carbons (Fsp3) is 0.0789. The molecule has 0 amide bonds. The van der Waals surface area contributed by atoms with Gasteiger partial charge in [-0.2, -0.15) is 5.10 Å². The summed E-state index contributed by atoms with van der Waals surface area (Å²) >= 11 is 0. The first-order valence-corrected chi connectivity index (χ1v) is 14.5. The number of hydrogen-bond acceptors (Lipinski definition) is 6. The molecule has 4 aromatic carbocycles. The molecular formula is C38H32F2N4O2. The van der Waals surface area contributed by atoms with Gasteiger partial charge in [0.2, 0.25) is 5.88 Å². The van der Waals surface area contributed by atoms with E-state index < -0.39 is 11.6 Å². The minimum atomic E-state index is -0.424. The highest BCUT2D eigenvalue weighted by atomic mass is 19.1. The van der Waals surface area contributed by atoms with E-state index in [0.29, 0.717) is 39.3 Å². The topological polar surface area (TPSA) is 77.8 Å². The smallest absolute Gasteiger partial charge is 0.207 e. The van der Waals surface area contributed by atoms with Crippen LogP contribution in [0.4, 0.5) is 20.2 Å². The SMILES string of the molecule is CC(=N)C1=C(Nc2ccccc2)OC(c2ccc(F)cc2)=C\C1=C/C(=C(C=O)/C(C)=N\N(C)c1ccccc1)c1ccc(F)cc1. The maximum Gasteiger partial charge on any atom is 0.207 e. The number of carbonyl (C=O) groups is 1. The summed E-state index contributed by atoms with van der Waals surface area (Å²) in [6.07, 6.45) is 4.23. The van der Waals surface area contributed by atoms with E-state index in [4.69, 9.17) is 10.1 Å². The highest BCUT2D eigenvalue weighted by Crippen LogP contribution is 2.36. The Kier molecular flexibility index (Phi) is 9.78. The normalized spacial score (nSPS) is 14.7. The Labute approximate surface area is 266 Å². The van der Waals surface area contributed by atoms with Crippen LogP contribution in [0.5, 0.6) is 0 Å².